The van der Waals surface area contributed by atoms with E-state index in [1.165, 1.54) is 30.5 Å². The lowest BCUT2D eigenvalue weighted by Crippen LogP contribution is -2.27. The van der Waals surface area contributed by atoms with Gasteiger partial charge < -0.3 is 20.3 Å². The van der Waals surface area contributed by atoms with Crippen molar-refractivity contribution in [1.29, 1.82) is 0 Å². The second kappa shape index (κ2) is 11.5. The van der Waals surface area contributed by atoms with Gasteiger partial charge in [0.2, 0.25) is 0 Å². The third kappa shape index (κ3) is 6.90. The van der Waals surface area contributed by atoms with Crippen molar-refractivity contribution in [2.75, 3.05) is 42.1 Å². The molecule has 0 saturated carbocycles. The monoisotopic (exact) mass is 529 g/mol. The van der Waals surface area contributed by atoms with Gasteiger partial charge in [-0.3, -0.25) is 4.72 Å². The number of alkyl halides is 2. The Balaban J connectivity index is 1.93. The summed E-state index contributed by atoms with van der Waals surface area (Å²) in [7, 11) is -0.798. The zero-order valence-corrected chi connectivity index (χ0v) is 20.3. The first-order chi connectivity index (χ1) is 16.6. The third-order valence-corrected chi connectivity index (χ3v) is 6.47. The molecule has 2 aromatic carbocycles. The molecule has 3 rings (SSSR count). The number of likely N-dealkylation sites (N-methyl/N-ethyl adjacent to an activating group) is 2. The van der Waals surface area contributed by atoms with Crippen molar-refractivity contribution in [1.82, 2.24) is 10.3 Å². The molecule has 3 N–H and O–H groups in total. The summed E-state index contributed by atoms with van der Waals surface area (Å²) in [5, 5.41) is 5.85. The molecule has 0 unspecified atom stereocenters. The Kier molecular flexibility index (Phi) is 8.65. The first-order valence-corrected chi connectivity index (χ1v) is 12.1. The number of pyridine rings is 1. The molecule has 0 fully saturated rings. The van der Waals surface area contributed by atoms with Crippen LogP contribution >= 0.6 is 11.6 Å². The highest BCUT2D eigenvalue weighted by Gasteiger charge is 2.23. The number of nitrogens with zero attached hydrogens (tertiary/aromatic N) is 2. The van der Waals surface area contributed by atoms with Crippen molar-refractivity contribution >= 4 is 44.5 Å². The standard InChI is InChI=1S/C22H23ClF3N5O3S/c1-27-9-10-31(2)19-11-14(34-22(25)26)6-7-17(19)29-18-13-16(24)20(12-15(18)23)35(32,33)30-21-5-3-4-8-28-21/h3-8,11-13,22,27,29H,9-10H2,1-2H3,(H,28,30). The minimum Gasteiger partial charge on any atom is -0.435 e. The molecule has 0 atom stereocenters. The van der Waals surface area contributed by atoms with E-state index < -0.39 is 27.3 Å². The molecule has 13 heteroatoms. The van der Waals surface area contributed by atoms with E-state index >= 15 is 0 Å². The quantitative estimate of drug-likeness (QED) is 0.332. The fourth-order valence-electron chi connectivity index (χ4n) is 3.10. The van der Waals surface area contributed by atoms with Crippen LogP contribution in [0.25, 0.3) is 0 Å². The summed E-state index contributed by atoms with van der Waals surface area (Å²) in [5.41, 5.74) is 0.962. The number of hydrogen-bond acceptors (Lipinski definition) is 7. The van der Waals surface area contributed by atoms with Gasteiger partial charge in [-0.1, -0.05) is 17.7 Å². The minimum atomic E-state index is -4.31. The van der Waals surface area contributed by atoms with Gasteiger partial charge in [0.05, 0.1) is 22.1 Å². The van der Waals surface area contributed by atoms with Crippen molar-refractivity contribution < 1.29 is 26.3 Å². The molecule has 3 aromatic rings. The summed E-state index contributed by atoms with van der Waals surface area (Å²) in [6.07, 6.45) is 1.39. The summed E-state index contributed by atoms with van der Waals surface area (Å²) < 4.78 is 72.3. The van der Waals surface area contributed by atoms with Crippen molar-refractivity contribution in [3.05, 3.63) is 65.6 Å². The van der Waals surface area contributed by atoms with E-state index in [0.29, 0.717) is 24.5 Å². The summed E-state index contributed by atoms with van der Waals surface area (Å²) in [6, 6.07) is 10.7. The molecule has 0 bridgehead atoms. The first-order valence-electron chi connectivity index (χ1n) is 10.2. The third-order valence-electron chi connectivity index (χ3n) is 4.79. The van der Waals surface area contributed by atoms with E-state index in [4.69, 9.17) is 11.6 Å². The highest BCUT2D eigenvalue weighted by molar-refractivity contribution is 7.92. The van der Waals surface area contributed by atoms with Crippen LogP contribution in [0.15, 0.2) is 59.6 Å². The summed E-state index contributed by atoms with van der Waals surface area (Å²) >= 11 is 6.29. The molecule has 0 radical (unpaired) electrons. The number of anilines is 4. The molecule has 0 aliphatic carbocycles. The molecule has 35 heavy (non-hydrogen) atoms. The van der Waals surface area contributed by atoms with E-state index in [0.717, 1.165) is 12.1 Å². The maximum absolute atomic E-state index is 14.9. The van der Waals surface area contributed by atoms with Crippen LogP contribution in [-0.4, -0.2) is 47.2 Å². The number of benzene rings is 2. The van der Waals surface area contributed by atoms with Crippen molar-refractivity contribution in [2.24, 2.45) is 0 Å². The zero-order chi connectivity index (χ0) is 25.6. The Hall–Kier alpha value is -3.22. The van der Waals surface area contributed by atoms with Crippen LogP contribution in [-0.2, 0) is 10.0 Å². The molecular formula is C22H23ClF3N5O3S. The number of rotatable bonds is 11. The van der Waals surface area contributed by atoms with Gasteiger partial charge in [-0.25, -0.2) is 17.8 Å². The maximum Gasteiger partial charge on any atom is 0.387 e. The highest BCUT2D eigenvalue weighted by atomic mass is 35.5. The SMILES string of the molecule is CNCCN(C)c1cc(OC(F)F)ccc1Nc1cc(F)c(S(=O)(=O)Nc2ccccn2)cc1Cl. The smallest absolute Gasteiger partial charge is 0.387 e. The van der Waals surface area contributed by atoms with Gasteiger partial charge in [0.1, 0.15) is 22.3 Å². The number of halogens is 4. The lowest BCUT2D eigenvalue weighted by Gasteiger charge is -2.24. The molecule has 1 heterocycles. The Morgan fingerprint density at radius 3 is 2.57 bits per heavy atom. The molecule has 188 valence electrons. The van der Waals surface area contributed by atoms with Crippen LogP contribution in [0.2, 0.25) is 5.02 Å². The molecule has 0 amide bonds. The minimum absolute atomic E-state index is 0.0191. The number of aromatic nitrogens is 1. The molecular weight excluding hydrogens is 507 g/mol. The molecule has 1 aromatic heterocycles. The Bertz CT molecular complexity index is 1270. The van der Waals surface area contributed by atoms with E-state index in [-0.39, 0.29) is 22.3 Å². The van der Waals surface area contributed by atoms with E-state index in [1.807, 2.05) is 0 Å². The summed E-state index contributed by atoms with van der Waals surface area (Å²) in [4.78, 5) is 4.98. The number of nitrogens with one attached hydrogen (secondary N) is 3. The van der Waals surface area contributed by atoms with Crippen molar-refractivity contribution in [2.45, 2.75) is 11.5 Å². The largest absolute Gasteiger partial charge is 0.435 e. The average molecular weight is 530 g/mol. The molecule has 0 spiro atoms. The second-order valence-electron chi connectivity index (χ2n) is 7.29. The number of ether oxygens (including phenoxy) is 1. The summed E-state index contributed by atoms with van der Waals surface area (Å²) in [5.74, 6) is -1.09. The predicted molar refractivity (Wildman–Crippen MR) is 130 cm³/mol. The predicted octanol–water partition coefficient (Wildman–Crippen LogP) is 4.68. The maximum atomic E-state index is 14.9. The zero-order valence-electron chi connectivity index (χ0n) is 18.7. The number of sulfonamides is 1. The van der Waals surface area contributed by atoms with Crippen LogP contribution in [0, 0.1) is 5.82 Å². The van der Waals surface area contributed by atoms with Gasteiger partial charge in [0, 0.05) is 38.5 Å². The number of hydrogen-bond donors (Lipinski definition) is 3. The lowest BCUT2D eigenvalue weighted by atomic mass is 10.2. The second-order valence-corrected chi connectivity index (χ2v) is 9.35. The lowest BCUT2D eigenvalue weighted by molar-refractivity contribution is -0.0498. The Labute approximate surface area is 206 Å². The fraction of sp³-hybridized carbons (Fsp3) is 0.227. The van der Waals surface area contributed by atoms with Crippen LogP contribution in [0.3, 0.4) is 0 Å². The molecule has 8 nitrogen and oxygen atoms in total. The van der Waals surface area contributed by atoms with Gasteiger partial charge in [-0.05, 0) is 37.4 Å². The Morgan fingerprint density at radius 1 is 1.14 bits per heavy atom. The van der Waals surface area contributed by atoms with E-state index in [9.17, 15) is 21.6 Å². The Morgan fingerprint density at radius 2 is 1.91 bits per heavy atom. The van der Waals surface area contributed by atoms with Crippen LogP contribution in [0.4, 0.5) is 36.1 Å². The van der Waals surface area contributed by atoms with Crippen molar-refractivity contribution in [3.63, 3.8) is 0 Å². The van der Waals surface area contributed by atoms with E-state index in [2.05, 4.69) is 25.1 Å². The topological polar surface area (TPSA) is 95.6 Å². The van der Waals surface area contributed by atoms with Crippen LogP contribution in [0.5, 0.6) is 5.75 Å². The highest BCUT2D eigenvalue weighted by Crippen LogP contribution is 2.36. The van der Waals surface area contributed by atoms with Crippen molar-refractivity contribution in [3.8, 4) is 5.75 Å². The van der Waals surface area contributed by atoms with Gasteiger partial charge in [-0.15, -0.1) is 0 Å². The van der Waals surface area contributed by atoms with Gasteiger partial charge in [-0.2, -0.15) is 8.78 Å². The van der Waals surface area contributed by atoms with Gasteiger partial charge in [0.25, 0.3) is 10.0 Å². The van der Waals surface area contributed by atoms with Crippen LogP contribution in [0.1, 0.15) is 0 Å². The average Bonchev–Trinajstić information content (AvgIpc) is 2.80. The summed E-state index contributed by atoms with van der Waals surface area (Å²) in [6.45, 7) is -1.88. The molecule has 0 aliphatic heterocycles. The fourth-order valence-corrected chi connectivity index (χ4v) is 4.47. The molecule has 0 aliphatic rings. The van der Waals surface area contributed by atoms with Gasteiger partial charge in [0.15, 0.2) is 0 Å². The first kappa shape index (κ1) is 26.4. The molecule has 0 saturated heterocycles. The van der Waals surface area contributed by atoms with E-state index in [1.54, 1.807) is 31.1 Å². The normalized spacial score (nSPS) is 11.4. The van der Waals surface area contributed by atoms with Gasteiger partial charge >= 0.3 is 6.61 Å². The van der Waals surface area contributed by atoms with Crippen LogP contribution < -0.4 is 25.0 Å².